The summed E-state index contributed by atoms with van der Waals surface area (Å²) in [6, 6.07) is 0.744. The first-order valence-electron chi connectivity index (χ1n) is 3.96. The minimum atomic E-state index is -2.00. The van der Waals surface area contributed by atoms with Gasteiger partial charge in [0, 0.05) is 12.1 Å². The van der Waals surface area contributed by atoms with E-state index in [0.717, 1.165) is 0 Å². The lowest BCUT2D eigenvalue weighted by Gasteiger charge is -2.27. The third-order valence-electron chi connectivity index (χ3n) is 1.63. The van der Waals surface area contributed by atoms with Crippen molar-refractivity contribution in [2.75, 3.05) is 6.73 Å². The molecule has 3 nitrogen and oxygen atoms in total. The van der Waals surface area contributed by atoms with Crippen LogP contribution in [0.2, 0.25) is 0 Å². The van der Waals surface area contributed by atoms with Crippen molar-refractivity contribution in [2.24, 2.45) is 0 Å². The van der Waals surface area contributed by atoms with Crippen molar-refractivity contribution in [3.63, 3.8) is 0 Å². The maximum atomic E-state index is 10.5. The second-order valence-electron chi connectivity index (χ2n) is 3.17. The minimum Gasteiger partial charge on any atom is -0.272 e. The molecular formula is C7H16ClNO2P+. The van der Waals surface area contributed by atoms with E-state index in [0.29, 0.717) is 18.8 Å². The Balaban J connectivity index is 3.88. The molecule has 0 radical (unpaired) electrons. The Morgan fingerprint density at radius 3 is 2.00 bits per heavy atom. The van der Waals surface area contributed by atoms with Gasteiger partial charge in [-0.2, -0.15) is 0 Å². The van der Waals surface area contributed by atoms with Crippen LogP contribution < -0.4 is 0 Å². The van der Waals surface area contributed by atoms with E-state index in [-0.39, 0.29) is 0 Å². The van der Waals surface area contributed by atoms with Gasteiger partial charge in [-0.25, -0.2) is 0 Å². The largest absolute Gasteiger partial charge is 0.635 e. The van der Waals surface area contributed by atoms with Crippen LogP contribution in [-0.2, 0) is 9.09 Å². The van der Waals surface area contributed by atoms with Gasteiger partial charge in [0.15, 0.2) is 6.73 Å². The maximum absolute atomic E-state index is 10.5. The fourth-order valence-corrected chi connectivity index (χ4v) is 1.36. The lowest BCUT2D eigenvalue weighted by Crippen LogP contribution is -2.37. The van der Waals surface area contributed by atoms with Crippen LogP contribution in [-0.4, -0.2) is 23.7 Å². The van der Waals surface area contributed by atoms with Gasteiger partial charge in [-0.15, -0.1) is 4.52 Å². The smallest absolute Gasteiger partial charge is 0.272 e. The van der Waals surface area contributed by atoms with E-state index in [2.05, 4.69) is 32.6 Å². The van der Waals surface area contributed by atoms with Crippen molar-refractivity contribution in [1.29, 1.82) is 0 Å². The first-order valence-corrected chi connectivity index (χ1v) is 6.05. The van der Waals surface area contributed by atoms with Gasteiger partial charge in [0.2, 0.25) is 11.2 Å². The Labute approximate surface area is 79.7 Å². The van der Waals surface area contributed by atoms with Crippen molar-refractivity contribution >= 4 is 18.6 Å². The Morgan fingerprint density at radius 2 is 1.75 bits per heavy atom. The van der Waals surface area contributed by atoms with Gasteiger partial charge in [0.1, 0.15) is 0 Å². The first-order chi connectivity index (χ1) is 5.45. The highest BCUT2D eigenvalue weighted by molar-refractivity contribution is 7.69. The molecule has 0 aromatic heterocycles. The number of rotatable bonds is 5. The van der Waals surface area contributed by atoms with Crippen LogP contribution in [0.25, 0.3) is 0 Å². The zero-order valence-corrected chi connectivity index (χ0v) is 9.60. The molecular weight excluding hydrogens is 197 g/mol. The number of hydrogen-bond acceptors (Lipinski definition) is 3. The molecule has 0 aliphatic rings. The van der Waals surface area contributed by atoms with E-state index in [1.54, 1.807) is 0 Å². The van der Waals surface area contributed by atoms with Crippen molar-refractivity contribution in [3.05, 3.63) is 0 Å². The molecule has 1 atom stereocenters. The molecule has 0 saturated carbocycles. The number of hydrogen-bond donors (Lipinski definition) is 0. The van der Waals surface area contributed by atoms with Crippen LogP contribution in [0.4, 0.5) is 0 Å². The van der Waals surface area contributed by atoms with Gasteiger partial charge in [-0.3, -0.25) is 4.90 Å². The van der Waals surface area contributed by atoms with Gasteiger partial charge < -0.3 is 0 Å². The summed E-state index contributed by atoms with van der Waals surface area (Å²) in [4.78, 5) is 2.07. The van der Waals surface area contributed by atoms with Crippen LogP contribution in [0.1, 0.15) is 27.7 Å². The molecule has 0 aromatic rings. The average Bonchev–Trinajstić information content (AvgIpc) is 1.84. The number of nitrogens with zero attached hydrogens (tertiary/aromatic N) is 1. The van der Waals surface area contributed by atoms with Gasteiger partial charge >= 0.3 is 7.38 Å². The highest BCUT2D eigenvalue weighted by Gasteiger charge is 2.20. The zero-order valence-electron chi connectivity index (χ0n) is 7.95. The molecule has 0 aromatic carbocycles. The van der Waals surface area contributed by atoms with E-state index in [1.165, 1.54) is 0 Å². The molecule has 0 saturated heterocycles. The summed E-state index contributed by atoms with van der Waals surface area (Å²) in [7, 11) is -2.00. The van der Waals surface area contributed by atoms with Crippen molar-refractivity contribution in [1.82, 2.24) is 4.90 Å². The average molecular weight is 213 g/mol. The molecule has 0 heterocycles. The second-order valence-corrected chi connectivity index (χ2v) is 4.68. The summed E-state index contributed by atoms with van der Waals surface area (Å²) in [6.07, 6.45) is 0. The van der Waals surface area contributed by atoms with Gasteiger partial charge in [0.25, 0.3) is 0 Å². The summed E-state index contributed by atoms with van der Waals surface area (Å²) in [5.41, 5.74) is 0. The molecule has 0 aliphatic heterocycles. The first kappa shape index (κ1) is 12.3. The second kappa shape index (κ2) is 5.87. The number of halogens is 1. The van der Waals surface area contributed by atoms with Crippen LogP contribution in [0.5, 0.6) is 0 Å². The van der Waals surface area contributed by atoms with E-state index < -0.39 is 7.38 Å². The molecule has 0 bridgehead atoms. The van der Waals surface area contributed by atoms with Crippen LogP contribution in [0.3, 0.4) is 0 Å². The summed E-state index contributed by atoms with van der Waals surface area (Å²) in [5, 5.41) is 0. The third-order valence-corrected chi connectivity index (χ3v) is 2.25. The quantitative estimate of drug-likeness (QED) is 0.518. The molecule has 0 aliphatic carbocycles. The Morgan fingerprint density at radius 1 is 1.33 bits per heavy atom. The Hall–Kier alpha value is 0.310. The van der Waals surface area contributed by atoms with Gasteiger partial charge in [0.05, 0.1) is 0 Å². The molecule has 1 unspecified atom stereocenters. The summed E-state index contributed by atoms with van der Waals surface area (Å²) in [5.74, 6) is 0. The fourth-order valence-electron chi connectivity index (χ4n) is 1.01. The monoisotopic (exact) mass is 212 g/mol. The van der Waals surface area contributed by atoms with Gasteiger partial charge in [-0.05, 0) is 32.3 Å². The van der Waals surface area contributed by atoms with Gasteiger partial charge in [-0.1, -0.05) is 0 Å². The van der Waals surface area contributed by atoms with Crippen molar-refractivity contribution in [3.8, 4) is 0 Å². The fraction of sp³-hybridized carbons (Fsp3) is 1.00. The normalized spacial score (nSPS) is 13.2. The van der Waals surface area contributed by atoms with Crippen molar-refractivity contribution < 1.29 is 9.09 Å². The standard InChI is InChI=1S/C7H16ClNO2P/c1-6(2)9(7(3)4)5-11-12(8)10/h6-7H,5H2,1-4H3/q+1. The molecule has 0 spiro atoms. The summed E-state index contributed by atoms with van der Waals surface area (Å²) < 4.78 is 15.3. The van der Waals surface area contributed by atoms with Crippen molar-refractivity contribution in [2.45, 2.75) is 39.8 Å². The molecule has 0 fully saturated rings. The minimum absolute atomic E-state index is 0.327. The molecule has 0 N–H and O–H groups in total. The highest BCUT2D eigenvalue weighted by Crippen LogP contribution is 2.28. The lowest BCUT2D eigenvalue weighted by molar-refractivity contribution is 0.0762. The van der Waals surface area contributed by atoms with E-state index in [4.69, 9.17) is 15.8 Å². The van der Waals surface area contributed by atoms with Crippen LogP contribution >= 0.6 is 18.6 Å². The Bertz CT molecular complexity index is 144. The molecule has 0 amide bonds. The van der Waals surface area contributed by atoms with Crippen LogP contribution in [0.15, 0.2) is 0 Å². The highest BCUT2D eigenvalue weighted by atomic mass is 35.7. The molecule has 72 valence electrons. The van der Waals surface area contributed by atoms with E-state index in [1.807, 2.05) is 0 Å². The summed E-state index contributed by atoms with van der Waals surface area (Å²) >= 11 is 5.19. The summed E-state index contributed by atoms with van der Waals surface area (Å²) in [6.45, 7) is 8.57. The SMILES string of the molecule is CC(C)N(CO[P+](=O)Cl)C(C)C. The zero-order chi connectivity index (χ0) is 9.72. The molecule has 12 heavy (non-hydrogen) atoms. The molecule has 5 heteroatoms. The van der Waals surface area contributed by atoms with E-state index in [9.17, 15) is 4.57 Å². The predicted molar refractivity (Wildman–Crippen MR) is 51.5 cm³/mol. The van der Waals surface area contributed by atoms with Crippen LogP contribution in [0, 0.1) is 0 Å². The Kier molecular flexibility index (Phi) is 6.02. The maximum Gasteiger partial charge on any atom is 0.635 e. The predicted octanol–water partition coefficient (Wildman–Crippen LogP) is 2.98. The van der Waals surface area contributed by atoms with E-state index >= 15 is 0 Å². The third kappa shape index (κ3) is 5.04. The molecule has 0 rings (SSSR count). The topological polar surface area (TPSA) is 29.5 Å². The lowest BCUT2D eigenvalue weighted by atomic mass is 10.2.